The molecular weight excluding hydrogens is 194 g/mol. The summed E-state index contributed by atoms with van der Waals surface area (Å²) < 4.78 is 4.56. The fourth-order valence-corrected chi connectivity index (χ4v) is 1.19. The summed E-state index contributed by atoms with van der Waals surface area (Å²) in [6, 6.07) is 0. The summed E-state index contributed by atoms with van der Waals surface area (Å²) in [5.41, 5.74) is 0. The highest BCUT2D eigenvalue weighted by Crippen LogP contribution is 2.06. The van der Waals surface area contributed by atoms with Crippen molar-refractivity contribution in [1.82, 2.24) is 5.32 Å². The summed E-state index contributed by atoms with van der Waals surface area (Å²) in [4.78, 5) is 21.7. The van der Waals surface area contributed by atoms with E-state index in [0.717, 1.165) is 31.9 Å². The fraction of sp³-hybridized carbons (Fsp3) is 0.636. The predicted molar refractivity (Wildman–Crippen MR) is 58.1 cm³/mol. The van der Waals surface area contributed by atoms with Gasteiger partial charge in [0.15, 0.2) is 0 Å². The maximum absolute atomic E-state index is 10.9. The van der Waals surface area contributed by atoms with Crippen LogP contribution in [0, 0.1) is 0 Å². The van der Waals surface area contributed by atoms with E-state index in [0.29, 0.717) is 12.8 Å². The first-order chi connectivity index (χ1) is 7.20. The minimum Gasteiger partial charge on any atom is -0.435 e. The van der Waals surface area contributed by atoms with Gasteiger partial charge in [-0.3, -0.25) is 9.59 Å². The summed E-state index contributed by atoms with van der Waals surface area (Å²) >= 11 is 0. The predicted octanol–water partition coefficient (Wildman–Crippen LogP) is 1.76. The molecule has 0 saturated heterocycles. The number of unbranched alkanes of at least 4 members (excludes halogenated alkanes) is 3. The molecule has 4 nitrogen and oxygen atoms in total. The summed E-state index contributed by atoms with van der Waals surface area (Å²) in [5.74, 6) is -0.169. The van der Waals surface area contributed by atoms with Crippen LogP contribution in [0.2, 0.25) is 0 Å². The summed E-state index contributed by atoms with van der Waals surface area (Å²) in [5, 5.41) is 2.57. The second kappa shape index (κ2) is 9.24. The molecule has 15 heavy (non-hydrogen) atoms. The molecule has 0 aromatic rings. The molecule has 0 aliphatic heterocycles. The first kappa shape index (κ1) is 13.7. The van der Waals surface area contributed by atoms with E-state index in [9.17, 15) is 9.59 Å². The van der Waals surface area contributed by atoms with Crippen LogP contribution < -0.4 is 5.32 Å². The zero-order valence-corrected chi connectivity index (χ0v) is 9.25. The maximum atomic E-state index is 10.9. The maximum Gasteiger partial charge on any atom is 0.310 e. The third kappa shape index (κ3) is 9.00. The Balaban J connectivity index is 3.21. The van der Waals surface area contributed by atoms with Gasteiger partial charge in [0.05, 0.1) is 6.26 Å². The molecule has 0 bridgehead atoms. The lowest BCUT2D eigenvalue weighted by Gasteiger charge is -2.00. The molecule has 0 spiro atoms. The molecule has 86 valence electrons. The van der Waals surface area contributed by atoms with Crippen molar-refractivity contribution in [2.24, 2.45) is 0 Å². The average molecular weight is 213 g/mol. The van der Waals surface area contributed by atoms with E-state index >= 15 is 0 Å². The van der Waals surface area contributed by atoms with E-state index < -0.39 is 0 Å². The van der Waals surface area contributed by atoms with Crippen LogP contribution in [-0.2, 0) is 14.3 Å². The second-order valence-corrected chi connectivity index (χ2v) is 3.24. The van der Waals surface area contributed by atoms with Gasteiger partial charge in [0.25, 0.3) is 0 Å². The van der Waals surface area contributed by atoms with Crippen molar-refractivity contribution in [2.45, 2.75) is 38.5 Å². The Morgan fingerprint density at radius 2 is 1.80 bits per heavy atom. The number of hydrogen-bond acceptors (Lipinski definition) is 3. The number of hydrogen-bond donors (Lipinski definition) is 1. The lowest BCUT2D eigenvalue weighted by atomic mass is 10.1. The van der Waals surface area contributed by atoms with E-state index in [1.54, 1.807) is 7.05 Å². The van der Waals surface area contributed by atoms with Gasteiger partial charge in [0.1, 0.15) is 0 Å². The highest BCUT2D eigenvalue weighted by atomic mass is 16.5. The van der Waals surface area contributed by atoms with E-state index in [1.807, 2.05) is 0 Å². The number of rotatable bonds is 8. The standard InChI is InChI=1S/C11H19NO3/c1-3-15-11(14)9-7-5-4-6-8-10(13)12-2/h3H,1,4-9H2,2H3,(H,12,13). The zero-order chi connectivity index (χ0) is 11.5. The third-order valence-electron chi connectivity index (χ3n) is 2.03. The van der Waals surface area contributed by atoms with Gasteiger partial charge >= 0.3 is 5.97 Å². The Labute approximate surface area is 90.7 Å². The van der Waals surface area contributed by atoms with Gasteiger partial charge in [-0.15, -0.1) is 0 Å². The number of ether oxygens (including phenoxy) is 1. The molecule has 0 unspecified atom stereocenters. The van der Waals surface area contributed by atoms with Crippen molar-refractivity contribution in [3.05, 3.63) is 12.8 Å². The number of carbonyl (C=O) groups is 2. The molecule has 0 fully saturated rings. The summed E-state index contributed by atoms with van der Waals surface area (Å²) in [7, 11) is 1.63. The molecule has 1 amide bonds. The highest BCUT2D eigenvalue weighted by molar-refractivity contribution is 5.75. The topological polar surface area (TPSA) is 55.4 Å². The summed E-state index contributed by atoms with van der Waals surface area (Å²) in [6.07, 6.45) is 5.72. The Kier molecular flexibility index (Phi) is 8.43. The first-order valence-electron chi connectivity index (χ1n) is 5.21. The van der Waals surface area contributed by atoms with Crippen LogP contribution in [0.25, 0.3) is 0 Å². The summed E-state index contributed by atoms with van der Waals surface area (Å²) in [6.45, 7) is 3.30. The van der Waals surface area contributed by atoms with Gasteiger partial charge in [-0.2, -0.15) is 0 Å². The van der Waals surface area contributed by atoms with Crippen LogP contribution in [0.5, 0.6) is 0 Å². The van der Waals surface area contributed by atoms with Gasteiger partial charge in [0, 0.05) is 19.9 Å². The molecule has 0 aromatic heterocycles. The fourth-order valence-electron chi connectivity index (χ4n) is 1.19. The molecule has 0 aromatic carbocycles. The molecule has 0 aliphatic carbocycles. The highest BCUT2D eigenvalue weighted by Gasteiger charge is 2.01. The number of amides is 1. The van der Waals surface area contributed by atoms with Crippen LogP contribution in [0.4, 0.5) is 0 Å². The van der Waals surface area contributed by atoms with Crippen LogP contribution >= 0.6 is 0 Å². The number of carbonyl (C=O) groups excluding carboxylic acids is 2. The van der Waals surface area contributed by atoms with Gasteiger partial charge < -0.3 is 10.1 Å². The molecule has 0 saturated carbocycles. The normalized spacial score (nSPS) is 9.40. The lowest BCUT2D eigenvalue weighted by molar-refractivity contribution is -0.138. The van der Waals surface area contributed by atoms with Gasteiger partial charge in [-0.05, 0) is 12.8 Å². The van der Waals surface area contributed by atoms with Gasteiger partial charge in [0.2, 0.25) is 5.91 Å². The Hall–Kier alpha value is -1.32. The molecule has 0 rings (SSSR count). The minimum atomic E-state index is -0.240. The van der Waals surface area contributed by atoms with Crippen molar-refractivity contribution in [2.75, 3.05) is 7.05 Å². The molecule has 0 radical (unpaired) electrons. The second-order valence-electron chi connectivity index (χ2n) is 3.24. The molecule has 1 N–H and O–H groups in total. The molecule has 0 aliphatic rings. The van der Waals surface area contributed by atoms with Crippen molar-refractivity contribution in [3.8, 4) is 0 Å². The molecular formula is C11H19NO3. The van der Waals surface area contributed by atoms with Crippen LogP contribution in [0.3, 0.4) is 0 Å². The number of esters is 1. The van der Waals surface area contributed by atoms with Crippen LogP contribution in [0.15, 0.2) is 12.8 Å². The zero-order valence-electron chi connectivity index (χ0n) is 9.25. The Morgan fingerprint density at radius 1 is 1.20 bits per heavy atom. The van der Waals surface area contributed by atoms with E-state index in [2.05, 4.69) is 16.6 Å². The third-order valence-corrected chi connectivity index (χ3v) is 2.03. The largest absolute Gasteiger partial charge is 0.435 e. The average Bonchev–Trinajstić information content (AvgIpc) is 2.23. The quantitative estimate of drug-likeness (QED) is 0.380. The van der Waals surface area contributed by atoms with Crippen molar-refractivity contribution in [3.63, 3.8) is 0 Å². The van der Waals surface area contributed by atoms with E-state index in [1.165, 1.54) is 0 Å². The van der Waals surface area contributed by atoms with E-state index in [-0.39, 0.29) is 11.9 Å². The van der Waals surface area contributed by atoms with Gasteiger partial charge in [-0.1, -0.05) is 19.4 Å². The van der Waals surface area contributed by atoms with Gasteiger partial charge in [-0.25, -0.2) is 0 Å². The lowest BCUT2D eigenvalue weighted by Crippen LogP contribution is -2.16. The van der Waals surface area contributed by atoms with Crippen LogP contribution in [-0.4, -0.2) is 18.9 Å². The van der Waals surface area contributed by atoms with Crippen molar-refractivity contribution >= 4 is 11.9 Å². The van der Waals surface area contributed by atoms with Crippen molar-refractivity contribution in [1.29, 1.82) is 0 Å². The smallest absolute Gasteiger partial charge is 0.310 e. The molecule has 0 heterocycles. The monoisotopic (exact) mass is 213 g/mol. The van der Waals surface area contributed by atoms with Crippen LogP contribution in [0.1, 0.15) is 38.5 Å². The minimum absolute atomic E-state index is 0.0704. The molecule has 0 atom stereocenters. The van der Waals surface area contributed by atoms with E-state index in [4.69, 9.17) is 0 Å². The number of nitrogens with one attached hydrogen (secondary N) is 1. The SMILES string of the molecule is C=COC(=O)CCCCCCC(=O)NC. The van der Waals surface area contributed by atoms with Crippen molar-refractivity contribution < 1.29 is 14.3 Å². The first-order valence-corrected chi connectivity index (χ1v) is 5.21. The Morgan fingerprint density at radius 3 is 2.33 bits per heavy atom. The molecule has 4 heteroatoms. The Bertz CT molecular complexity index is 214.